The molecular formula is C19H31N3O3. The van der Waals surface area contributed by atoms with Gasteiger partial charge < -0.3 is 14.7 Å². The third-order valence-corrected chi connectivity index (χ3v) is 5.61. The van der Waals surface area contributed by atoms with Gasteiger partial charge in [-0.15, -0.1) is 0 Å². The normalized spacial score (nSPS) is 25.3. The van der Waals surface area contributed by atoms with E-state index in [-0.39, 0.29) is 18.6 Å². The SMILES string of the molecule is CCC[C@H]1C[C@@H](C(=O)N2CCC(c3ccnn3CCO)CC2)CCO1. The summed E-state index contributed by atoms with van der Waals surface area (Å²) in [6, 6.07) is 2.05. The Labute approximate surface area is 150 Å². The van der Waals surface area contributed by atoms with Gasteiger partial charge in [-0.2, -0.15) is 5.10 Å². The van der Waals surface area contributed by atoms with Crippen molar-refractivity contribution < 1.29 is 14.6 Å². The molecule has 0 aromatic carbocycles. The van der Waals surface area contributed by atoms with E-state index in [0.29, 0.717) is 18.4 Å². The summed E-state index contributed by atoms with van der Waals surface area (Å²) in [5, 5.41) is 13.5. The van der Waals surface area contributed by atoms with E-state index in [1.54, 1.807) is 6.20 Å². The number of carbonyl (C=O) groups is 1. The monoisotopic (exact) mass is 349 g/mol. The lowest BCUT2D eigenvalue weighted by atomic mass is 9.89. The average Bonchev–Trinajstić information content (AvgIpc) is 3.10. The van der Waals surface area contributed by atoms with Crippen LogP contribution in [-0.2, 0) is 16.1 Å². The number of aliphatic hydroxyl groups excluding tert-OH is 1. The Bertz CT molecular complexity index is 550. The van der Waals surface area contributed by atoms with Crippen LogP contribution in [0.1, 0.15) is 57.1 Å². The highest BCUT2D eigenvalue weighted by Gasteiger charge is 2.33. The van der Waals surface area contributed by atoms with Crippen molar-refractivity contribution in [3.05, 3.63) is 18.0 Å². The number of aliphatic hydroxyl groups is 1. The first-order chi connectivity index (χ1) is 12.2. The van der Waals surface area contributed by atoms with Crippen LogP contribution < -0.4 is 0 Å². The zero-order chi connectivity index (χ0) is 17.6. The maximum Gasteiger partial charge on any atom is 0.225 e. The second-order valence-electron chi connectivity index (χ2n) is 7.31. The summed E-state index contributed by atoms with van der Waals surface area (Å²) in [4.78, 5) is 14.9. The molecule has 0 unspecified atom stereocenters. The molecule has 2 atom stereocenters. The van der Waals surface area contributed by atoms with Gasteiger partial charge in [0.05, 0.1) is 19.3 Å². The molecule has 1 aromatic rings. The van der Waals surface area contributed by atoms with E-state index < -0.39 is 0 Å². The summed E-state index contributed by atoms with van der Waals surface area (Å²) >= 11 is 0. The molecule has 0 radical (unpaired) electrons. The van der Waals surface area contributed by atoms with Crippen LogP contribution in [-0.4, -0.2) is 58.1 Å². The zero-order valence-electron chi connectivity index (χ0n) is 15.3. The largest absolute Gasteiger partial charge is 0.394 e. The molecule has 2 aliphatic rings. The third kappa shape index (κ3) is 4.42. The van der Waals surface area contributed by atoms with Crippen molar-refractivity contribution in [2.75, 3.05) is 26.3 Å². The molecule has 25 heavy (non-hydrogen) atoms. The number of carbonyl (C=O) groups excluding carboxylic acids is 1. The van der Waals surface area contributed by atoms with Crippen LogP contribution in [0.5, 0.6) is 0 Å². The predicted molar refractivity (Wildman–Crippen MR) is 95.2 cm³/mol. The minimum atomic E-state index is 0.106. The van der Waals surface area contributed by atoms with Crippen LogP contribution in [0.3, 0.4) is 0 Å². The number of rotatable bonds is 6. The van der Waals surface area contributed by atoms with Crippen LogP contribution in [0.25, 0.3) is 0 Å². The van der Waals surface area contributed by atoms with Gasteiger partial charge in [0.2, 0.25) is 5.91 Å². The van der Waals surface area contributed by atoms with Gasteiger partial charge in [0, 0.05) is 43.4 Å². The molecular weight excluding hydrogens is 318 g/mol. The lowest BCUT2D eigenvalue weighted by Crippen LogP contribution is -2.44. The second-order valence-corrected chi connectivity index (χ2v) is 7.31. The summed E-state index contributed by atoms with van der Waals surface area (Å²) in [7, 11) is 0. The van der Waals surface area contributed by atoms with E-state index in [9.17, 15) is 4.79 Å². The molecule has 6 nitrogen and oxygen atoms in total. The fraction of sp³-hybridized carbons (Fsp3) is 0.789. The van der Waals surface area contributed by atoms with Gasteiger partial charge in [-0.05, 0) is 38.2 Å². The van der Waals surface area contributed by atoms with Crippen molar-refractivity contribution in [2.45, 2.75) is 64.0 Å². The fourth-order valence-electron chi connectivity index (χ4n) is 4.25. The van der Waals surface area contributed by atoms with Gasteiger partial charge >= 0.3 is 0 Å². The van der Waals surface area contributed by atoms with Crippen LogP contribution >= 0.6 is 0 Å². The molecule has 0 aliphatic carbocycles. The van der Waals surface area contributed by atoms with Crippen molar-refractivity contribution in [1.29, 1.82) is 0 Å². The van der Waals surface area contributed by atoms with Crippen molar-refractivity contribution >= 4 is 5.91 Å². The molecule has 3 rings (SSSR count). The number of ether oxygens (including phenoxy) is 1. The number of hydrogen-bond donors (Lipinski definition) is 1. The van der Waals surface area contributed by atoms with E-state index in [1.807, 2.05) is 10.7 Å². The quantitative estimate of drug-likeness (QED) is 0.855. The molecule has 6 heteroatoms. The average molecular weight is 349 g/mol. The molecule has 0 saturated carbocycles. The molecule has 1 aromatic heterocycles. The summed E-state index contributed by atoms with van der Waals surface area (Å²) in [5.41, 5.74) is 1.19. The van der Waals surface area contributed by atoms with Crippen LogP contribution in [0.15, 0.2) is 12.3 Å². The summed E-state index contributed by atoms with van der Waals surface area (Å²) in [6.45, 7) is 5.18. The topological polar surface area (TPSA) is 67.6 Å². The van der Waals surface area contributed by atoms with E-state index in [4.69, 9.17) is 9.84 Å². The highest BCUT2D eigenvalue weighted by atomic mass is 16.5. The van der Waals surface area contributed by atoms with E-state index in [1.165, 1.54) is 5.69 Å². The van der Waals surface area contributed by atoms with Crippen molar-refractivity contribution in [3.63, 3.8) is 0 Å². The van der Waals surface area contributed by atoms with Crippen molar-refractivity contribution in [2.24, 2.45) is 5.92 Å². The van der Waals surface area contributed by atoms with Crippen LogP contribution in [0, 0.1) is 5.92 Å². The Morgan fingerprint density at radius 2 is 2.16 bits per heavy atom. The van der Waals surface area contributed by atoms with Gasteiger partial charge in [-0.25, -0.2) is 0 Å². The highest BCUT2D eigenvalue weighted by molar-refractivity contribution is 5.79. The van der Waals surface area contributed by atoms with Crippen LogP contribution in [0.4, 0.5) is 0 Å². The Kier molecular flexibility index (Phi) is 6.48. The molecule has 2 saturated heterocycles. The first-order valence-corrected chi connectivity index (χ1v) is 9.75. The minimum Gasteiger partial charge on any atom is -0.394 e. The van der Waals surface area contributed by atoms with E-state index in [0.717, 1.165) is 58.2 Å². The number of piperidine rings is 1. The van der Waals surface area contributed by atoms with Gasteiger partial charge in [0.1, 0.15) is 0 Å². The Balaban J connectivity index is 1.53. The summed E-state index contributed by atoms with van der Waals surface area (Å²) in [6.07, 6.45) is 7.93. The lowest BCUT2D eigenvalue weighted by molar-refractivity contribution is -0.142. The number of aromatic nitrogens is 2. The zero-order valence-corrected chi connectivity index (χ0v) is 15.3. The maximum atomic E-state index is 12.9. The molecule has 2 fully saturated rings. The summed E-state index contributed by atoms with van der Waals surface area (Å²) in [5.74, 6) is 0.897. The number of likely N-dealkylation sites (tertiary alicyclic amines) is 1. The first-order valence-electron chi connectivity index (χ1n) is 9.75. The van der Waals surface area contributed by atoms with Gasteiger partial charge in [-0.3, -0.25) is 9.48 Å². The molecule has 140 valence electrons. The number of nitrogens with zero attached hydrogens (tertiary/aromatic N) is 3. The third-order valence-electron chi connectivity index (χ3n) is 5.61. The van der Waals surface area contributed by atoms with Crippen molar-refractivity contribution in [1.82, 2.24) is 14.7 Å². The molecule has 0 spiro atoms. The minimum absolute atomic E-state index is 0.106. The van der Waals surface area contributed by atoms with Gasteiger partial charge in [0.15, 0.2) is 0 Å². The molecule has 0 bridgehead atoms. The maximum absolute atomic E-state index is 12.9. The van der Waals surface area contributed by atoms with Crippen LogP contribution in [0.2, 0.25) is 0 Å². The van der Waals surface area contributed by atoms with Gasteiger partial charge in [-0.1, -0.05) is 13.3 Å². The Morgan fingerprint density at radius 1 is 1.36 bits per heavy atom. The smallest absolute Gasteiger partial charge is 0.225 e. The van der Waals surface area contributed by atoms with E-state index in [2.05, 4.69) is 16.9 Å². The van der Waals surface area contributed by atoms with Gasteiger partial charge in [0.25, 0.3) is 0 Å². The van der Waals surface area contributed by atoms with Crippen molar-refractivity contribution in [3.8, 4) is 0 Å². The number of amides is 1. The standard InChI is InChI=1S/C19H31N3O3/c1-2-3-17-14-16(7-13-25-17)19(24)21-9-5-15(6-10-21)18-4-8-20-22(18)11-12-23/h4,8,15-17,23H,2-3,5-7,9-14H2,1H3/t16-,17-/m0/s1. The Hall–Kier alpha value is -1.40. The number of hydrogen-bond acceptors (Lipinski definition) is 4. The fourth-order valence-corrected chi connectivity index (χ4v) is 4.25. The van der Waals surface area contributed by atoms with E-state index >= 15 is 0 Å². The summed E-state index contributed by atoms with van der Waals surface area (Å²) < 4.78 is 7.69. The first kappa shape index (κ1) is 18.4. The molecule has 1 amide bonds. The second kappa shape index (κ2) is 8.81. The predicted octanol–water partition coefficient (Wildman–Crippen LogP) is 2.18. The highest BCUT2D eigenvalue weighted by Crippen LogP contribution is 2.31. The molecule has 1 N–H and O–H groups in total. The molecule has 3 heterocycles. The molecule has 2 aliphatic heterocycles. The lowest BCUT2D eigenvalue weighted by Gasteiger charge is -2.36. The Morgan fingerprint density at radius 3 is 2.88 bits per heavy atom.